The molecule has 1 rings (SSSR count). The molecule has 0 amide bonds. The van der Waals surface area contributed by atoms with Crippen LogP contribution in [0.2, 0.25) is 0 Å². The van der Waals surface area contributed by atoms with Crippen LogP contribution in [-0.4, -0.2) is 37.8 Å². The van der Waals surface area contributed by atoms with Crippen LogP contribution >= 0.6 is 11.8 Å². The fourth-order valence-corrected chi connectivity index (χ4v) is 3.93. The summed E-state index contributed by atoms with van der Waals surface area (Å²) in [6.07, 6.45) is 3.65. The summed E-state index contributed by atoms with van der Waals surface area (Å²) in [5, 5.41) is 0. The van der Waals surface area contributed by atoms with Crippen LogP contribution in [0.1, 0.15) is 25.8 Å². The largest absolute Gasteiger partial charge is 0.398 e. The molecule has 2 N–H and O–H groups in total. The van der Waals surface area contributed by atoms with Gasteiger partial charge >= 0.3 is 0 Å². The van der Waals surface area contributed by atoms with Crippen LogP contribution in [0, 0.1) is 0 Å². The molecule has 0 radical (unpaired) electrons. The van der Waals surface area contributed by atoms with Gasteiger partial charge in [-0.1, -0.05) is 13.0 Å². The number of thioether (sulfide) groups is 1. The second-order valence-electron chi connectivity index (χ2n) is 4.87. The van der Waals surface area contributed by atoms with Gasteiger partial charge in [-0.15, -0.1) is 0 Å². The predicted octanol–water partition coefficient (Wildman–Crippen LogP) is 2.59. The normalized spacial score (nSPS) is 13.7. The minimum absolute atomic E-state index is 0.0282. The Hall–Kier alpha value is -0.720. The Morgan fingerprint density at radius 1 is 1.40 bits per heavy atom. The summed E-state index contributed by atoms with van der Waals surface area (Å²) in [5.74, 6) is 0.942. The SMILES string of the molecule is CCc1ccc(S(=O)(=O)N(C)C(C)CCSC)cc1N. The van der Waals surface area contributed by atoms with Crippen molar-refractivity contribution in [2.24, 2.45) is 0 Å². The highest BCUT2D eigenvalue weighted by Crippen LogP contribution is 2.23. The number of nitrogens with two attached hydrogens (primary N) is 1. The Bertz CT molecular complexity index is 544. The summed E-state index contributed by atoms with van der Waals surface area (Å²) in [6, 6.07) is 4.97. The lowest BCUT2D eigenvalue weighted by molar-refractivity contribution is 0.382. The second kappa shape index (κ2) is 7.33. The zero-order chi connectivity index (χ0) is 15.3. The molecule has 1 aromatic rings. The van der Waals surface area contributed by atoms with Crippen molar-refractivity contribution in [2.45, 2.75) is 37.6 Å². The molecule has 1 atom stereocenters. The average molecular weight is 316 g/mol. The van der Waals surface area contributed by atoms with Gasteiger partial charge < -0.3 is 5.73 Å². The van der Waals surface area contributed by atoms with Crippen LogP contribution in [0.4, 0.5) is 5.69 Å². The van der Waals surface area contributed by atoms with Crippen molar-refractivity contribution in [1.29, 1.82) is 0 Å². The topological polar surface area (TPSA) is 63.4 Å². The van der Waals surface area contributed by atoms with E-state index in [1.807, 2.05) is 20.1 Å². The Balaban J connectivity index is 3.01. The summed E-state index contributed by atoms with van der Waals surface area (Å²) in [7, 11) is -1.84. The number of sulfonamides is 1. The van der Waals surface area contributed by atoms with E-state index in [2.05, 4.69) is 0 Å². The van der Waals surface area contributed by atoms with Crippen LogP contribution in [0.15, 0.2) is 23.1 Å². The van der Waals surface area contributed by atoms with E-state index in [1.165, 1.54) is 4.31 Å². The van der Waals surface area contributed by atoms with Crippen molar-refractivity contribution in [3.8, 4) is 0 Å². The number of benzene rings is 1. The highest BCUT2D eigenvalue weighted by atomic mass is 32.2. The number of nitrogen functional groups attached to an aromatic ring is 1. The minimum Gasteiger partial charge on any atom is -0.398 e. The fourth-order valence-electron chi connectivity index (χ4n) is 1.93. The molecule has 0 aliphatic rings. The van der Waals surface area contributed by atoms with E-state index in [-0.39, 0.29) is 10.9 Å². The molecule has 0 saturated heterocycles. The van der Waals surface area contributed by atoms with E-state index >= 15 is 0 Å². The molecule has 0 heterocycles. The summed E-state index contributed by atoms with van der Waals surface area (Å²) in [6.45, 7) is 3.92. The van der Waals surface area contributed by atoms with E-state index in [4.69, 9.17) is 5.73 Å². The van der Waals surface area contributed by atoms with Gasteiger partial charge in [0.25, 0.3) is 0 Å². The molecule has 0 aliphatic heterocycles. The van der Waals surface area contributed by atoms with Crippen molar-refractivity contribution in [1.82, 2.24) is 4.31 Å². The third-order valence-electron chi connectivity index (χ3n) is 3.54. The van der Waals surface area contributed by atoms with E-state index in [1.54, 1.807) is 37.0 Å². The maximum absolute atomic E-state index is 12.6. The molecule has 4 nitrogen and oxygen atoms in total. The van der Waals surface area contributed by atoms with Crippen LogP contribution in [0.5, 0.6) is 0 Å². The first-order valence-corrected chi connectivity index (χ1v) is 9.53. The van der Waals surface area contributed by atoms with Crippen molar-refractivity contribution >= 4 is 27.5 Å². The zero-order valence-corrected chi connectivity index (χ0v) is 14.2. The maximum atomic E-state index is 12.6. The summed E-state index contributed by atoms with van der Waals surface area (Å²) in [5.41, 5.74) is 7.41. The van der Waals surface area contributed by atoms with E-state index in [0.717, 1.165) is 24.2 Å². The van der Waals surface area contributed by atoms with Crippen molar-refractivity contribution in [2.75, 3.05) is 24.8 Å². The van der Waals surface area contributed by atoms with Gasteiger partial charge in [0.1, 0.15) is 0 Å². The summed E-state index contributed by atoms with van der Waals surface area (Å²) in [4.78, 5) is 0.269. The third-order valence-corrected chi connectivity index (χ3v) is 6.15. The number of nitrogens with zero attached hydrogens (tertiary/aromatic N) is 1. The molecular weight excluding hydrogens is 292 g/mol. The standard InChI is InChI=1S/C14H24N2O2S2/c1-5-12-6-7-13(10-14(12)15)20(17,18)16(3)11(2)8-9-19-4/h6-7,10-11H,5,8-9,15H2,1-4H3. The van der Waals surface area contributed by atoms with E-state index in [9.17, 15) is 8.42 Å². The first-order valence-electron chi connectivity index (χ1n) is 6.70. The zero-order valence-electron chi connectivity index (χ0n) is 12.6. The molecule has 114 valence electrons. The first kappa shape index (κ1) is 17.3. The number of rotatable bonds is 7. The molecule has 0 fully saturated rings. The lowest BCUT2D eigenvalue weighted by atomic mass is 10.1. The number of aryl methyl sites for hydroxylation is 1. The van der Waals surface area contributed by atoms with Crippen LogP contribution in [-0.2, 0) is 16.4 Å². The van der Waals surface area contributed by atoms with Crippen LogP contribution < -0.4 is 5.73 Å². The van der Waals surface area contributed by atoms with Crippen LogP contribution in [0.3, 0.4) is 0 Å². The lowest BCUT2D eigenvalue weighted by Crippen LogP contribution is -2.35. The fraction of sp³-hybridized carbons (Fsp3) is 0.571. The van der Waals surface area contributed by atoms with Gasteiger partial charge in [0, 0.05) is 18.8 Å². The minimum atomic E-state index is -3.47. The second-order valence-corrected chi connectivity index (χ2v) is 7.85. The van der Waals surface area contributed by atoms with Gasteiger partial charge in [-0.3, -0.25) is 0 Å². The Morgan fingerprint density at radius 3 is 2.55 bits per heavy atom. The van der Waals surface area contributed by atoms with E-state index < -0.39 is 10.0 Å². The first-order chi connectivity index (χ1) is 9.34. The lowest BCUT2D eigenvalue weighted by Gasteiger charge is -2.24. The molecule has 0 aromatic heterocycles. The smallest absolute Gasteiger partial charge is 0.243 e. The Kier molecular flexibility index (Phi) is 6.36. The molecule has 20 heavy (non-hydrogen) atoms. The number of hydrogen-bond acceptors (Lipinski definition) is 4. The molecule has 0 spiro atoms. The molecule has 1 aromatic carbocycles. The molecule has 0 aliphatic carbocycles. The van der Waals surface area contributed by atoms with Gasteiger partial charge in [0.05, 0.1) is 4.90 Å². The van der Waals surface area contributed by atoms with Crippen molar-refractivity contribution in [3.05, 3.63) is 23.8 Å². The predicted molar refractivity (Wildman–Crippen MR) is 87.6 cm³/mol. The van der Waals surface area contributed by atoms with E-state index in [0.29, 0.717) is 5.69 Å². The molecular formula is C14H24N2O2S2. The monoisotopic (exact) mass is 316 g/mol. The highest BCUT2D eigenvalue weighted by molar-refractivity contribution is 7.98. The van der Waals surface area contributed by atoms with Gasteiger partial charge in [-0.05, 0) is 49.5 Å². The average Bonchev–Trinajstić information content (AvgIpc) is 2.43. The molecule has 0 saturated carbocycles. The molecule has 6 heteroatoms. The summed E-state index contributed by atoms with van der Waals surface area (Å²) < 4.78 is 26.5. The van der Waals surface area contributed by atoms with Crippen molar-refractivity contribution in [3.63, 3.8) is 0 Å². The number of anilines is 1. The molecule has 1 unspecified atom stereocenters. The van der Waals surface area contributed by atoms with Gasteiger partial charge in [0.2, 0.25) is 10.0 Å². The van der Waals surface area contributed by atoms with Crippen molar-refractivity contribution < 1.29 is 8.42 Å². The van der Waals surface area contributed by atoms with Gasteiger partial charge in [-0.25, -0.2) is 8.42 Å². The highest BCUT2D eigenvalue weighted by Gasteiger charge is 2.25. The van der Waals surface area contributed by atoms with Gasteiger partial charge in [-0.2, -0.15) is 16.1 Å². The summed E-state index contributed by atoms with van der Waals surface area (Å²) >= 11 is 1.72. The Labute approximate surface area is 126 Å². The Morgan fingerprint density at radius 2 is 2.05 bits per heavy atom. The quantitative estimate of drug-likeness (QED) is 0.785. The third kappa shape index (κ3) is 3.90. The maximum Gasteiger partial charge on any atom is 0.243 e. The molecule has 0 bridgehead atoms. The van der Waals surface area contributed by atoms with Crippen LogP contribution in [0.25, 0.3) is 0 Å². The van der Waals surface area contributed by atoms with Gasteiger partial charge in [0.15, 0.2) is 0 Å². The number of hydrogen-bond donors (Lipinski definition) is 1.